The molecule has 1 heterocycles. The maximum atomic E-state index is 10.3. The summed E-state index contributed by atoms with van der Waals surface area (Å²) in [5, 5.41) is 8.53. The fourth-order valence-electron chi connectivity index (χ4n) is 0.326. The third kappa shape index (κ3) is 1.43. The summed E-state index contributed by atoms with van der Waals surface area (Å²) in [4.78, 5) is 0. The van der Waals surface area contributed by atoms with Crippen LogP contribution in [0.15, 0.2) is 16.4 Å². The molecule has 2 N–H and O–H groups in total. The van der Waals surface area contributed by atoms with E-state index < -0.39 is 10.2 Å². The first-order valence-corrected chi connectivity index (χ1v) is 3.51. The molecule has 0 atom stereocenters. The summed E-state index contributed by atoms with van der Waals surface area (Å²) in [6.45, 7) is 0. The molecule has 6 heteroatoms. The molecule has 0 aromatic carbocycles. The molecule has 0 unspecified atom stereocenters. The van der Waals surface area contributed by atoms with E-state index in [9.17, 15) is 8.42 Å². The van der Waals surface area contributed by atoms with Crippen LogP contribution in [0.4, 0.5) is 0 Å². The minimum Gasteiger partial charge on any atom is -0.505 e. The van der Waals surface area contributed by atoms with E-state index in [4.69, 9.17) is 5.11 Å². The van der Waals surface area contributed by atoms with Crippen LogP contribution in [0.1, 0.15) is 0 Å². The number of hydrogen-bond donors (Lipinski definition) is 2. The van der Waals surface area contributed by atoms with Crippen LogP contribution in [0, 0.1) is 0 Å². The number of aliphatic hydroxyl groups is 1. The average Bonchev–Trinajstić information content (AvgIpc) is 1.78. The Kier molecular flexibility index (Phi) is 1.17. The lowest BCUT2D eigenvalue weighted by Crippen LogP contribution is -2.19. The van der Waals surface area contributed by atoms with Crippen LogP contribution < -0.4 is 4.72 Å². The Hall–Kier alpha value is -1.04. The zero-order chi connectivity index (χ0) is 6.91. The summed E-state index contributed by atoms with van der Waals surface area (Å²) in [5.41, 5.74) is 0. The van der Waals surface area contributed by atoms with E-state index in [2.05, 4.69) is 4.40 Å². The van der Waals surface area contributed by atoms with Gasteiger partial charge < -0.3 is 5.11 Å². The summed E-state index contributed by atoms with van der Waals surface area (Å²) in [7, 11) is -3.53. The van der Waals surface area contributed by atoms with E-state index in [1.54, 1.807) is 0 Å². The van der Waals surface area contributed by atoms with Gasteiger partial charge in [0.1, 0.15) is 0 Å². The van der Waals surface area contributed by atoms with Gasteiger partial charge in [-0.05, 0) is 0 Å². The van der Waals surface area contributed by atoms with Crippen molar-refractivity contribution in [1.82, 2.24) is 4.72 Å². The van der Waals surface area contributed by atoms with Crippen molar-refractivity contribution >= 4 is 16.4 Å². The van der Waals surface area contributed by atoms with Gasteiger partial charge in [0, 0.05) is 0 Å². The Balaban J connectivity index is 2.95. The first kappa shape index (κ1) is 6.09. The smallest absolute Gasteiger partial charge is 0.342 e. The minimum atomic E-state index is -3.53. The van der Waals surface area contributed by atoms with Gasteiger partial charge in [-0.1, -0.05) is 0 Å². The van der Waals surface area contributed by atoms with E-state index >= 15 is 0 Å². The number of aliphatic hydroxyl groups excluding tert-OH is 1. The molecule has 0 fully saturated rings. The van der Waals surface area contributed by atoms with Crippen LogP contribution in [0.2, 0.25) is 0 Å². The van der Waals surface area contributed by atoms with Gasteiger partial charge >= 0.3 is 10.2 Å². The largest absolute Gasteiger partial charge is 0.505 e. The zero-order valence-electron chi connectivity index (χ0n) is 4.27. The lowest BCUT2D eigenvalue weighted by molar-refractivity contribution is 0.442. The minimum absolute atomic E-state index is 0.204. The van der Waals surface area contributed by atoms with Gasteiger partial charge in [0.25, 0.3) is 0 Å². The summed E-state index contributed by atoms with van der Waals surface area (Å²) in [6, 6.07) is 0. The molecule has 1 rings (SSSR count). The molecule has 9 heavy (non-hydrogen) atoms. The molecule has 5 nitrogen and oxygen atoms in total. The Morgan fingerprint density at radius 2 is 2.33 bits per heavy atom. The molecule has 0 aromatic heterocycles. The Labute approximate surface area is 51.9 Å². The molecule has 0 spiro atoms. The first-order chi connectivity index (χ1) is 4.10. The standard InChI is InChI=1S/C3H4N2O3S/c6-3-1-4-9(7,8)5-2-3/h1-2,4,6H. The van der Waals surface area contributed by atoms with Crippen molar-refractivity contribution in [2.45, 2.75) is 0 Å². The van der Waals surface area contributed by atoms with Crippen molar-refractivity contribution in [2.24, 2.45) is 4.40 Å². The van der Waals surface area contributed by atoms with Gasteiger partial charge in [0.15, 0.2) is 5.76 Å². The van der Waals surface area contributed by atoms with Crippen LogP contribution in [0.5, 0.6) is 0 Å². The number of allylic oxidation sites excluding steroid dienone is 1. The van der Waals surface area contributed by atoms with Gasteiger partial charge in [0.2, 0.25) is 0 Å². The highest BCUT2D eigenvalue weighted by molar-refractivity contribution is 7.88. The maximum Gasteiger partial charge on any atom is 0.342 e. The molecule has 1 aliphatic rings. The highest BCUT2D eigenvalue weighted by atomic mass is 32.2. The van der Waals surface area contributed by atoms with Crippen LogP contribution in [-0.2, 0) is 10.2 Å². The van der Waals surface area contributed by atoms with Crippen molar-refractivity contribution in [2.75, 3.05) is 0 Å². The van der Waals surface area contributed by atoms with Crippen molar-refractivity contribution in [3.05, 3.63) is 12.0 Å². The fourth-order valence-corrected chi connectivity index (χ4v) is 0.903. The summed E-state index contributed by atoms with van der Waals surface area (Å²) in [6.07, 6.45) is 1.80. The highest BCUT2D eigenvalue weighted by Gasteiger charge is 2.07. The lowest BCUT2D eigenvalue weighted by atomic mass is 10.6. The number of nitrogens with one attached hydrogen (secondary N) is 1. The molecule has 0 saturated heterocycles. The summed E-state index contributed by atoms with van der Waals surface area (Å²) >= 11 is 0. The molecule has 0 radical (unpaired) electrons. The van der Waals surface area contributed by atoms with E-state index in [0.29, 0.717) is 0 Å². The normalized spacial score (nSPS) is 22.4. The average molecular weight is 148 g/mol. The molecule has 50 valence electrons. The summed E-state index contributed by atoms with van der Waals surface area (Å²) in [5.74, 6) is -0.204. The maximum absolute atomic E-state index is 10.3. The second-order valence-electron chi connectivity index (χ2n) is 1.40. The monoisotopic (exact) mass is 148 g/mol. The second kappa shape index (κ2) is 1.73. The third-order valence-corrected chi connectivity index (χ3v) is 1.48. The van der Waals surface area contributed by atoms with Crippen LogP contribution in [0.25, 0.3) is 0 Å². The summed E-state index contributed by atoms with van der Waals surface area (Å²) < 4.78 is 25.5. The quantitative estimate of drug-likeness (QED) is 0.477. The molecule has 0 aliphatic carbocycles. The van der Waals surface area contributed by atoms with Crippen molar-refractivity contribution in [3.63, 3.8) is 0 Å². The lowest BCUT2D eigenvalue weighted by Gasteiger charge is -2.00. The highest BCUT2D eigenvalue weighted by Crippen LogP contribution is 1.94. The van der Waals surface area contributed by atoms with Crippen LogP contribution in [0.3, 0.4) is 0 Å². The second-order valence-corrected chi connectivity index (χ2v) is 2.79. The topological polar surface area (TPSA) is 78.8 Å². The number of nitrogens with zero attached hydrogens (tertiary/aromatic N) is 1. The van der Waals surface area contributed by atoms with Crippen LogP contribution in [-0.4, -0.2) is 19.7 Å². The van der Waals surface area contributed by atoms with Crippen LogP contribution >= 0.6 is 0 Å². The van der Waals surface area contributed by atoms with Crippen molar-refractivity contribution in [3.8, 4) is 0 Å². The van der Waals surface area contributed by atoms with E-state index in [-0.39, 0.29) is 5.76 Å². The molecular formula is C3H4N2O3S. The Bertz CT molecular complexity index is 263. The van der Waals surface area contributed by atoms with Crippen molar-refractivity contribution < 1.29 is 13.5 Å². The number of hydrogen-bond acceptors (Lipinski definition) is 3. The van der Waals surface area contributed by atoms with Gasteiger partial charge in [-0.3, -0.25) is 4.72 Å². The van der Waals surface area contributed by atoms with E-state index in [1.165, 1.54) is 0 Å². The SMILES string of the molecule is O=S1(=O)N=CC(O)=CN1. The van der Waals surface area contributed by atoms with E-state index in [0.717, 1.165) is 12.4 Å². The van der Waals surface area contributed by atoms with Gasteiger partial charge in [-0.2, -0.15) is 8.42 Å². The third-order valence-electron chi connectivity index (χ3n) is 0.679. The predicted molar refractivity (Wildman–Crippen MR) is 31.3 cm³/mol. The molecule has 0 saturated carbocycles. The van der Waals surface area contributed by atoms with Gasteiger partial charge in [-0.15, -0.1) is 4.40 Å². The zero-order valence-corrected chi connectivity index (χ0v) is 5.09. The Morgan fingerprint density at radius 1 is 1.67 bits per heavy atom. The number of rotatable bonds is 0. The van der Waals surface area contributed by atoms with Crippen molar-refractivity contribution in [1.29, 1.82) is 0 Å². The molecule has 0 bridgehead atoms. The Morgan fingerprint density at radius 3 is 2.67 bits per heavy atom. The molecule has 0 amide bonds. The molecular weight excluding hydrogens is 144 g/mol. The van der Waals surface area contributed by atoms with Gasteiger partial charge in [0.05, 0.1) is 12.4 Å². The fraction of sp³-hybridized carbons (Fsp3) is 0. The predicted octanol–water partition coefficient (Wildman–Crippen LogP) is -0.695. The van der Waals surface area contributed by atoms with E-state index in [1.807, 2.05) is 4.72 Å². The molecule has 0 aromatic rings. The van der Waals surface area contributed by atoms with Gasteiger partial charge in [-0.25, -0.2) is 0 Å². The molecule has 1 aliphatic heterocycles. The first-order valence-electron chi connectivity index (χ1n) is 2.07.